The quantitative estimate of drug-likeness (QED) is 0.843. The minimum absolute atomic E-state index is 0.252. The summed E-state index contributed by atoms with van der Waals surface area (Å²) >= 11 is 0. The van der Waals surface area contributed by atoms with Crippen molar-refractivity contribution < 1.29 is 14.2 Å². The van der Waals surface area contributed by atoms with Gasteiger partial charge in [0.25, 0.3) is 0 Å². The van der Waals surface area contributed by atoms with E-state index in [9.17, 15) is 9.50 Å². The summed E-state index contributed by atoms with van der Waals surface area (Å²) in [6.07, 6.45) is 0. The molecule has 1 aliphatic heterocycles. The summed E-state index contributed by atoms with van der Waals surface area (Å²) in [5.41, 5.74) is 4.68. The molecule has 0 aromatic heterocycles. The van der Waals surface area contributed by atoms with Crippen LogP contribution < -0.4 is 4.74 Å². The minimum Gasteiger partial charge on any atom is -0.508 e. The molecule has 0 atom stereocenters. The lowest BCUT2D eigenvalue weighted by molar-refractivity contribution is 0.363. The number of phenolic OH excluding ortho intramolecular Hbond substituents is 1. The fourth-order valence-electron chi connectivity index (χ4n) is 2.45. The summed E-state index contributed by atoms with van der Waals surface area (Å²) in [6, 6.07) is 9.95. The van der Waals surface area contributed by atoms with E-state index in [1.54, 1.807) is 18.2 Å². The Morgan fingerprint density at radius 2 is 1.80 bits per heavy atom. The molecule has 0 bridgehead atoms. The number of halogens is 1. The van der Waals surface area contributed by atoms with Crippen molar-refractivity contribution in [3.05, 3.63) is 58.9 Å². The minimum atomic E-state index is -0.252. The van der Waals surface area contributed by atoms with Crippen LogP contribution in [-0.4, -0.2) is 11.7 Å². The number of benzene rings is 2. The summed E-state index contributed by atoms with van der Waals surface area (Å²) in [7, 11) is 0. The monoisotopic (exact) mass is 270 g/mol. The first-order valence-corrected chi connectivity index (χ1v) is 6.49. The molecule has 2 aromatic carbocycles. The molecule has 0 fully saturated rings. The number of rotatable bonds is 1. The summed E-state index contributed by atoms with van der Waals surface area (Å²) in [5.74, 6) is 0.785. The van der Waals surface area contributed by atoms with Crippen LogP contribution in [0.15, 0.2) is 36.4 Å². The number of hydrogen-bond acceptors (Lipinski definition) is 2. The Morgan fingerprint density at radius 1 is 1.10 bits per heavy atom. The predicted molar refractivity (Wildman–Crippen MR) is 77.2 cm³/mol. The zero-order valence-corrected chi connectivity index (χ0v) is 11.4. The molecule has 1 aliphatic rings. The zero-order chi connectivity index (χ0) is 14.3. The number of aromatic hydroxyl groups is 1. The average Bonchev–Trinajstić information content (AvgIpc) is 2.43. The highest BCUT2D eigenvalue weighted by atomic mass is 19.1. The van der Waals surface area contributed by atoms with E-state index in [2.05, 4.69) is 0 Å². The van der Waals surface area contributed by atoms with Crippen molar-refractivity contribution >= 4 is 11.1 Å². The molecule has 1 heterocycles. The van der Waals surface area contributed by atoms with E-state index in [0.29, 0.717) is 6.61 Å². The SMILES string of the molecule is CC1=C(c2ccc(F)cc2)COc2cc(C)c(O)cc21. The van der Waals surface area contributed by atoms with Crippen LogP contribution in [0.3, 0.4) is 0 Å². The molecule has 3 heteroatoms. The van der Waals surface area contributed by atoms with Crippen molar-refractivity contribution in [3.8, 4) is 11.5 Å². The molecule has 0 amide bonds. The number of aryl methyl sites for hydroxylation is 1. The predicted octanol–water partition coefficient (Wildman–Crippen LogP) is 4.16. The van der Waals surface area contributed by atoms with Crippen LogP contribution >= 0.6 is 0 Å². The standard InChI is InChI=1S/C17H15FO2/c1-10-7-17-14(8-16(10)19)11(2)15(9-20-17)12-3-5-13(18)6-4-12/h3-8,19H,9H2,1-2H3. The van der Waals surface area contributed by atoms with Gasteiger partial charge in [0.15, 0.2) is 0 Å². The van der Waals surface area contributed by atoms with E-state index in [4.69, 9.17) is 4.74 Å². The summed E-state index contributed by atoms with van der Waals surface area (Å²) < 4.78 is 18.8. The third-order valence-electron chi connectivity index (χ3n) is 3.72. The molecule has 2 nitrogen and oxygen atoms in total. The summed E-state index contributed by atoms with van der Waals surface area (Å²) in [5, 5.41) is 9.86. The van der Waals surface area contributed by atoms with Gasteiger partial charge in [-0.3, -0.25) is 0 Å². The number of phenols is 1. The van der Waals surface area contributed by atoms with Gasteiger partial charge in [-0.05, 0) is 54.8 Å². The van der Waals surface area contributed by atoms with Crippen LogP contribution in [-0.2, 0) is 0 Å². The lowest BCUT2D eigenvalue weighted by Crippen LogP contribution is -2.10. The van der Waals surface area contributed by atoms with E-state index in [1.165, 1.54) is 12.1 Å². The Hall–Kier alpha value is -2.29. The van der Waals surface area contributed by atoms with Gasteiger partial charge in [-0.25, -0.2) is 4.39 Å². The van der Waals surface area contributed by atoms with Crippen LogP contribution in [0.5, 0.6) is 11.5 Å². The number of allylic oxidation sites excluding steroid dienone is 1. The second-order valence-corrected chi connectivity index (χ2v) is 5.03. The highest BCUT2D eigenvalue weighted by Gasteiger charge is 2.19. The van der Waals surface area contributed by atoms with Crippen molar-refractivity contribution in [2.45, 2.75) is 13.8 Å². The van der Waals surface area contributed by atoms with Crippen molar-refractivity contribution in [1.82, 2.24) is 0 Å². The largest absolute Gasteiger partial charge is 0.508 e. The average molecular weight is 270 g/mol. The maximum Gasteiger partial charge on any atom is 0.127 e. The molecule has 20 heavy (non-hydrogen) atoms. The Labute approximate surface area is 117 Å². The zero-order valence-electron chi connectivity index (χ0n) is 11.4. The van der Waals surface area contributed by atoms with Gasteiger partial charge in [0.2, 0.25) is 0 Å². The van der Waals surface area contributed by atoms with E-state index < -0.39 is 0 Å². The van der Waals surface area contributed by atoms with Gasteiger partial charge in [-0.2, -0.15) is 0 Å². The first-order valence-electron chi connectivity index (χ1n) is 6.49. The molecule has 0 saturated carbocycles. The van der Waals surface area contributed by atoms with Crippen molar-refractivity contribution in [1.29, 1.82) is 0 Å². The van der Waals surface area contributed by atoms with Crippen LogP contribution in [0.4, 0.5) is 4.39 Å². The highest BCUT2D eigenvalue weighted by Crippen LogP contribution is 2.39. The smallest absolute Gasteiger partial charge is 0.127 e. The lowest BCUT2D eigenvalue weighted by Gasteiger charge is -2.23. The topological polar surface area (TPSA) is 29.5 Å². The van der Waals surface area contributed by atoms with E-state index in [1.807, 2.05) is 19.9 Å². The van der Waals surface area contributed by atoms with Crippen LogP contribution in [0, 0.1) is 12.7 Å². The molecule has 0 spiro atoms. The first-order chi connectivity index (χ1) is 9.56. The number of hydrogen-bond donors (Lipinski definition) is 1. The summed E-state index contributed by atoms with van der Waals surface area (Å²) in [4.78, 5) is 0. The van der Waals surface area contributed by atoms with Crippen molar-refractivity contribution in [3.63, 3.8) is 0 Å². The van der Waals surface area contributed by atoms with Gasteiger partial charge in [-0.15, -0.1) is 0 Å². The molecule has 0 unspecified atom stereocenters. The summed E-state index contributed by atoms with van der Waals surface area (Å²) in [6.45, 7) is 4.29. The number of fused-ring (bicyclic) bond motifs is 1. The van der Waals surface area contributed by atoms with Crippen molar-refractivity contribution in [2.75, 3.05) is 6.61 Å². The molecule has 102 valence electrons. The molecule has 1 N–H and O–H groups in total. The van der Waals surface area contributed by atoms with Gasteiger partial charge < -0.3 is 9.84 Å². The van der Waals surface area contributed by atoms with Crippen molar-refractivity contribution in [2.24, 2.45) is 0 Å². The number of ether oxygens (including phenoxy) is 1. The Balaban J connectivity index is 2.13. The van der Waals surface area contributed by atoms with Gasteiger partial charge >= 0.3 is 0 Å². The van der Waals surface area contributed by atoms with Gasteiger partial charge in [0.1, 0.15) is 23.9 Å². The van der Waals surface area contributed by atoms with Gasteiger partial charge in [0.05, 0.1) is 0 Å². The third kappa shape index (κ3) is 2.05. The first kappa shape index (κ1) is 12.7. The maximum atomic E-state index is 13.0. The van der Waals surface area contributed by atoms with Gasteiger partial charge in [0, 0.05) is 11.1 Å². The molecule has 0 radical (unpaired) electrons. The second kappa shape index (κ2) is 4.67. The molecule has 0 aliphatic carbocycles. The van der Waals surface area contributed by atoms with Crippen LogP contribution in [0.2, 0.25) is 0 Å². The fraction of sp³-hybridized carbons (Fsp3) is 0.176. The Bertz CT molecular complexity index is 700. The molecule has 0 saturated heterocycles. The molecular formula is C17H15FO2. The van der Waals surface area contributed by atoms with E-state index in [-0.39, 0.29) is 11.6 Å². The van der Waals surface area contributed by atoms with Crippen LogP contribution in [0.25, 0.3) is 11.1 Å². The molecular weight excluding hydrogens is 255 g/mol. The van der Waals surface area contributed by atoms with Gasteiger partial charge in [-0.1, -0.05) is 12.1 Å². The lowest BCUT2D eigenvalue weighted by atomic mass is 9.93. The molecule has 3 rings (SSSR count). The Kier molecular flexibility index (Phi) is 2.97. The normalized spacial score (nSPS) is 13.9. The van der Waals surface area contributed by atoms with Crippen LogP contribution in [0.1, 0.15) is 23.6 Å². The van der Waals surface area contributed by atoms with E-state index >= 15 is 0 Å². The third-order valence-corrected chi connectivity index (χ3v) is 3.72. The second-order valence-electron chi connectivity index (χ2n) is 5.03. The Morgan fingerprint density at radius 3 is 2.50 bits per heavy atom. The fourth-order valence-corrected chi connectivity index (χ4v) is 2.45. The molecule has 2 aromatic rings. The highest BCUT2D eigenvalue weighted by molar-refractivity contribution is 5.94. The van der Waals surface area contributed by atoms with E-state index in [0.717, 1.165) is 33.6 Å². The maximum absolute atomic E-state index is 13.0.